The van der Waals surface area contributed by atoms with Gasteiger partial charge in [-0.3, -0.25) is 0 Å². The van der Waals surface area contributed by atoms with E-state index in [0.717, 1.165) is 5.75 Å². The molecule has 0 radical (unpaired) electrons. The first-order valence-corrected chi connectivity index (χ1v) is 5.65. The minimum atomic E-state index is 0.303. The summed E-state index contributed by atoms with van der Waals surface area (Å²) in [5.74, 6) is 0.888. The lowest BCUT2D eigenvalue weighted by Crippen LogP contribution is -2.31. The van der Waals surface area contributed by atoms with E-state index in [1.807, 2.05) is 12.1 Å². The lowest BCUT2D eigenvalue weighted by Gasteiger charge is -2.24. The quantitative estimate of drug-likeness (QED) is 0.793. The van der Waals surface area contributed by atoms with Crippen molar-refractivity contribution in [3.63, 3.8) is 0 Å². The Morgan fingerprint density at radius 3 is 2.18 bits per heavy atom. The van der Waals surface area contributed by atoms with Crippen molar-refractivity contribution in [2.24, 2.45) is 0 Å². The number of rotatable bonds is 3. The maximum Gasteiger partial charge on any atom is 0.120 e. The third kappa shape index (κ3) is 2.61. The van der Waals surface area contributed by atoms with Crippen molar-refractivity contribution in [2.75, 3.05) is 21.2 Å². The molecule has 1 heterocycles. The summed E-state index contributed by atoms with van der Waals surface area (Å²) in [6, 6.07) is 8.05. The largest absolute Gasteiger partial charge is 0.497 e. The molecular weight excluding hydrogens is 212 g/mol. The van der Waals surface area contributed by atoms with Crippen LogP contribution in [0.2, 0.25) is 0 Å². The Kier molecular flexibility index (Phi) is 3.38. The number of methoxy groups -OCH3 is 1. The van der Waals surface area contributed by atoms with Crippen molar-refractivity contribution in [3.05, 3.63) is 48.3 Å². The zero-order chi connectivity index (χ0) is 12.3. The average Bonchev–Trinajstić information content (AvgIpc) is 2.67. The highest BCUT2D eigenvalue weighted by Gasteiger charge is 2.16. The Morgan fingerprint density at radius 2 is 1.65 bits per heavy atom. The maximum absolute atomic E-state index is 5.13. The lowest BCUT2D eigenvalue weighted by atomic mass is 10.2. The second-order valence-electron chi connectivity index (χ2n) is 4.17. The zero-order valence-electron chi connectivity index (χ0n) is 10.5. The van der Waals surface area contributed by atoms with Gasteiger partial charge in [0.25, 0.3) is 0 Å². The first-order chi connectivity index (χ1) is 8.20. The molecule has 3 heteroatoms. The second kappa shape index (κ2) is 4.95. The SMILES string of the molecule is COc1ccc(/C=C/C2N(C)C=CN2C)cc1. The van der Waals surface area contributed by atoms with E-state index in [2.05, 4.69) is 60.6 Å². The Morgan fingerprint density at radius 1 is 1.06 bits per heavy atom. The van der Waals surface area contributed by atoms with Crippen molar-refractivity contribution in [1.82, 2.24) is 9.80 Å². The van der Waals surface area contributed by atoms with Gasteiger partial charge in [0, 0.05) is 26.5 Å². The highest BCUT2D eigenvalue weighted by atomic mass is 16.5. The Labute approximate surface area is 103 Å². The molecule has 1 aliphatic rings. The van der Waals surface area contributed by atoms with E-state index >= 15 is 0 Å². The van der Waals surface area contributed by atoms with Crippen LogP contribution in [0.15, 0.2) is 42.7 Å². The number of ether oxygens (including phenoxy) is 1. The topological polar surface area (TPSA) is 15.7 Å². The fourth-order valence-electron chi connectivity index (χ4n) is 1.86. The number of benzene rings is 1. The molecule has 3 nitrogen and oxygen atoms in total. The second-order valence-corrected chi connectivity index (χ2v) is 4.17. The van der Waals surface area contributed by atoms with Gasteiger partial charge in [-0.15, -0.1) is 0 Å². The van der Waals surface area contributed by atoms with Gasteiger partial charge in [-0.25, -0.2) is 0 Å². The summed E-state index contributed by atoms with van der Waals surface area (Å²) in [6.45, 7) is 0. The fraction of sp³-hybridized carbons (Fsp3) is 0.286. The molecule has 90 valence electrons. The van der Waals surface area contributed by atoms with Crippen molar-refractivity contribution in [3.8, 4) is 5.75 Å². The molecule has 17 heavy (non-hydrogen) atoms. The Hall–Kier alpha value is -1.90. The molecule has 0 amide bonds. The Balaban J connectivity index is 2.04. The van der Waals surface area contributed by atoms with E-state index in [0.29, 0.717) is 6.17 Å². The third-order valence-corrected chi connectivity index (χ3v) is 2.95. The predicted octanol–water partition coefficient (Wildman–Crippen LogP) is 2.38. The van der Waals surface area contributed by atoms with Crippen LogP contribution in [0, 0.1) is 0 Å². The smallest absolute Gasteiger partial charge is 0.120 e. The molecule has 1 aliphatic heterocycles. The van der Waals surface area contributed by atoms with E-state index in [1.54, 1.807) is 7.11 Å². The Bertz CT molecular complexity index is 410. The van der Waals surface area contributed by atoms with E-state index in [4.69, 9.17) is 4.74 Å². The summed E-state index contributed by atoms with van der Waals surface area (Å²) < 4.78 is 5.13. The summed E-state index contributed by atoms with van der Waals surface area (Å²) in [6.07, 6.45) is 8.76. The van der Waals surface area contributed by atoms with Crippen LogP contribution in [-0.2, 0) is 0 Å². The van der Waals surface area contributed by atoms with E-state index in [1.165, 1.54) is 5.56 Å². The van der Waals surface area contributed by atoms with E-state index in [-0.39, 0.29) is 0 Å². The molecular formula is C14H18N2O. The van der Waals surface area contributed by atoms with Crippen LogP contribution in [0.3, 0.4) is 0 Å². The first kappa shape index (κ1) is 11.6. The van der Waals surface area contributed by atoms with Crippen LogP contribution in [0.25, 0.3) is 6.08 Å². The normalized spacial score (nSPS) is 16.2. The molecule has 0 fully saturated rings. The van der Waals surface area contributed by atoms with Gasteiger partial charge >= 0.3 is 0 Å². The molecule has 0 atom stereocenters. The van der Waals surface area contributed by atoms with Crippen LogP contribution in [0.4, 0.5) is 0 Å². The highest BCUT2D eigenvalue weighted by molar-refractivity contribution is 5.51. The predicted molar refractivity (Wildman–Crippen MR) is 70.5 cm³/mol. The number of hydrogen-bond donors (Lipinski definition) is 0. The molecule has 0 spiro atoms. The lowest BCUT2D eigenvalue weighted by molar-refractivity contribution is 0.258. The number of hydrogen-bond acceptors (Lipinski definition) is 3. The van der Waals surface area contributed by atoms with E-state index in [9.17, 15) is 0 Å². The van der Waals surface area contributed by atoms with Gasteiger partial charge in [0.05, 0.1) is 7.11 Å². The molecule has 0 saturated heterocycles. The molecule has 1 aromatic carbocycles. The number of nitrogens with zero attached hydrogens (tertiary/aromatic N) is 2. The molecule has 0 bridgehead atoms. The standard InChI is InChI=1S/C14H18N2O/c1-15-10-11-16(2)14(15)9-6-12-4-7-13(17-3)8-5-12/h4-11,14H,1-3H3/b9-6+. The third-order valence-electron chi connectivity index (χ3n) is 2.95. The minimum Gasteiger partial charge on any atom is -0.497 e. The van der Waals surface area contributed by atoms with Gasteiger partial charge in [-0.05, 0) is 23.8 Å². The number of likely N-dealkylation sites (N-methyl/N-ethyl adjacent to an activating group) is 2. The summed E-state index contributed by atoms with van der Waals surface area (Å²) in [5.41, 5.74) is 1.18. The monoisotopic (exact) mass is 230 g/mol. The molecule has 0 unspecified atom stereocenters. The highest BCUT2D eigenvalue weighted by Crippen LogP contribution is 2.16. The minimum absolute atomic E-state index is 0.303. The summed E-state index contributed by atoms with van der Waals surface area (Å²) in [5, 5.41) is 0. The molecule has 0 saturated carbocycles. The van der Waals surface area contributed by atoms with Gasteiger partial charge in [-0.2, -0.15) is 0 Å². The van der Waals surface area contributed by atoms with Gasteiger partial charge in [0.2, 0.25) is 0 Å². The molecule has 0 aromatic heterocycles. The van der Waals surface area contributed by atoms with Crippen LogP contribution in [-0.4, -0.2) is 37.2 Å². The average molecular weight is 230 g/mol. The van der Waals surface area contributed by atoms with Crippen LogP contribution in [0.1, 0.15) is 5.56 Å². The molecule has 0 aliphatic carbocycles. The summed E-state index contributed by atoms with van der Waals surface area (Å²) in [4.78, 5) is 4.33. The van der Waals surface area contributed by atoms with Crippen molar-refractivity contribution in [2.45, 2.75) is 6.17 Å². The van der Waals surface area contributed by atoms with Crippen LogP contribution in [0.5, 0.6) is 5.75 Å². The van der Waals surface area contributed by atoms with Crippen molar-refractivity contribution >= 4 is 6.08 Å². The van der Waals surface area contributed by atoms with E-state index < -0.39 is 0 Å². The zero-order valence-corrected chi connectivity index (χ0v) is 10.5. The first-order valence-electron chi connectivity index (χ1n) is 5.65. The van der Waals surface area contributed by atoms with Gasteiger partial charge in [-0.1, -0.05) is 18.2 Å². The molecule has 0 N–H and O–H groups in total. The summed E-state index contributed by atoms with van der Waals surface area (Å²) in [7, 11) is 5.82. The fourth-order valence-corrected chi connectivity index (χ4v) is 1.86. The van der Waals surface area contributed by atoms with Crippen LogP contribution < -0.4 is 4.74 Å². The maximum atomic E-state index is 5.13. The van der Waals surface area contributed by atoms with Gasteiger partial charge < -0.3 is 14.5 Å². The van der Waals surface area contributed by atoms with Crippen LogP contribution >= 0.6 is 0 Å². The van der Waals surface area contributed by atoms with Gasteiger partial charge in [0.15, 0.2) is 0 Å². The molecule has 1 aromatic rings. The van der Waals surface area contributed by atoms with Gasteiger partial charge in [0.1, 0.15) is 11.9 Å². The summed E-state index contributed by atoms with van der Waals surface area (Å²) >= 11 is 0. The van der Waals surface area contributed by atoms with Crippen molar-refractivity contribution < 1.29 is 4.74 Å². The molecule has 2 rings (SSSR count). The van der Waals surface area contributed by atoms with Crippen molar-refractivity contribution in [1.29, 1.82) is 0 Å².